The Morgan fingerprint density at radius 2 is 1.91 bits per heavy atom. The third-order valence-corrected chi connectivity index (χ3v) is 3.56. The number of benzene rings is 1. The first-order valence-electron chi connectivity index (χ1n) is 7.53. The summed E-state index contributed by atoms with van der Waals surface area (Å²) < 4.78 is 5.21. The fourth-order valence-corrected chi connectivity index (χ4v) is 2.20. The maximum atomic E-state index is 12.3. The number of esters is 1. The topological polar surface area (TPSA) is 68.3 Å². The van der Waals surface area contributed by atoms with E-state index in [4.69, 9.17) is 4.74 Å². The minimum atomic E-state index is -0.889. The van der Waals surface area contributed by atoms with Gasteiger partial charge in [-0.15, -0.1) is 0 Å². The standard InChI is InChI=1S/C18H20N2O3/c1-4-14-7-5-6-12(2)16(14)20-17(21)13(3)23-18(22)15-8-10-19-11-9-15/h5-11,13H,4H2,1-3H3,(H,20,21). The van der Waals surface area contributed by atoms with E-state index < -0.39 is 12.1 Å². The van der Waals surface area contributed by atoms with Crippen LogP contribution in [0.4, 0.5) is 5.69 Å². The second kappa shape index (κ2) is 7.54. The average Bonchev–Trinajstić information content (AvgIpc) is 2.57. The number of carbonyl (C=O) groups is 2. The lowest BCUT2D eigenvalue weighted by Gasteiger charge is -2.17. The number of aryl methyl sites for hydroxylation is 2. The maximum Gasteiger partial charge on any atom is 0.339 e. The molecule has 23 heavy (non-hydrogen) atoms. The normalized spacial score (nSPS) is 11.6. The predicted molar refractivity (Wildman–Crippen MR) is 88.3 cm³/mol. The number of hydrogen-bond donors (Lipinski definition) is 1. The van der Waals surface area contributed by atoms with Gasteiger partial charge in [0.2, 0.25) is 0 Å². The highest BCUT2D eigenvalue weighted by atomic mass is 16.5. The molecule has 0 aliphatic heterocycles. The van der Waals surface area contributed by atoms with Crippen LogP contribution in [-0.2, 0) is 16.0 Å². The Bertz CT molecular complexity index is 699. The second-order valence-electron chi connectivity index (χ2n) is 5.24. The summed E-state index contributed by atoms with van der Waals surface area (Å²) >= 11 is 0. The molecule has 1 amide bonds. The van der Waals surface area contributed by atoms with Crippen molar-refractivity contribution in [3.63, 3.8) is 0 Å². The summed E-state index contributed by atoms with van der Waals surface area (Å²) in [5, 5.41) is 2.86. The van der Waals surface area contributed by atoms with Crippen LogP contribution in [-0.4, -0.2) is 23.0 Å². The van der Waals surface area contributed by atoms with Crippen molar-refractivity contribution >= 4 is 17.6 Å². The molecule has 1 heterocycles. The molecule has 1 aromatic carbocycles. The molecule has 2 rings (SSSR count). The van der Waals surface area contributed by atoms with Crippen LogP contribution in [0.5, 0.6) is 0 Å². The van der Waals surface area contributed by atoms with Crippen LogP contribution in [0.25, 0.3) is 0 Å². The van der Waals surface area contributed by atoms with E-state index in [-0.39, 0.29) is 5.91 Å². The lowest BCUT2D eigenvalue weighted by Crippen LogP contribution is -2.30. The van der Waals surface area contributed by atoms with E-state index in [1.54, 1.807) is 19.1 Å². The molecule has 0 fully saturated rings. The van der Waals surface area contributed by atoms with Gasteiger partial charge in [-0.3, -0.25) is 9.78 Å². The number of hydrogen-bond acceptors (Lipinski definition) is 4. The molecule has 1 aromatic heterocycles. The first-order chi connectivity index (χ1) is 11.0. The molecular weight excluding hydrogens is 292 g/mol. The largest absolute Gasteiger partial charge is 0.449 e. The molecular formula is C18H20N2O3. The molecule has 0 saturated heterocycles. The molecule has 0 bridgehead atoms. The van der Waals surface area contributed by atoms with Crippen molar-refractivity contribution in [3.8, 4) is 0 Å². The van der Waals surface area contributed by atoms with Gasteiger partial charge in [0.15, 0.2) is 6.10 Å². The Hall–Kier alpha value is -2.69. The number of pyridine rings is 1. The minimum Gasteiger partial charge on any atom is -0.449 e. The van der Waals surface area contributed by atoms with Crippen molar-refractivity contribution in [1.29, 1.82) is 0 Å². The first-order valence-corrected chi connectivity index (χ1v) is 7.53. The Morgan fingerprint density at radius 1 is 1.22 bits per heavy atom. The number of para-hydroxylation sites is 1. The molecule has 0 aliphatic rings. The molecule has 120 valence electrons. The van der Waals surface area contributed by atoms with Gasteiger partial charge >= 0.3 is 5.97 Å². The highest BCUT2D eigenvalue weighted by Crippen LogP contribution is 2.21. The Kier molecular flexibility index (Phi) is 5.46. The van der Waals surface area contributed by atoms with Crippen molar-refractivity contribution in [2.24, 2.45) is 0 Å². The number of nitrogens with zero attached hydrogens (tertiary/aromatic N) is 1. The third kappa shape index (κ3) is 4.16. The van der Waals surface area contributed by atoms with E-state index in [1.807, 2.05) is 32.0 Å². The van der Waals surface area contributed by atoms with Gasteiger partial charge in [0.05, 0.1) is 5.56 Å². The Morgan fingerprint density at radius 3 is 2.57 bits per heavy atom. The van der Waals surface area contributed by atoms with E-state index in [9.17, 15) is 9.59 Å². The summed E-state index contributed by atoms with van der Waals surface area (Å²) in [6.07, 6.45) is 2.92. The van der Waals surface area contributed by atoms with Crippen molar-refractivity contribution in [2.45, 2.75) is 33.3 Å². The number of ether oxygens (including phenoxy) is 1. The predicted octanol–water partition coefficient (Wildman–Crippen LogP) is 3.14. The van der Waals surface area contributed by atoms with Gasteiger partial charge in [-0.1, -0.05) is 25.1 Å². The first kappa shape index (κ1) is 16.7. The monoisotopic (exact) mass is 312 g/mol. The zero-order chi connectivity index (χ0) is 16.8. The molecule has 0 aliphatic carbocycles. The van der Waals surface area contributed by atoms with Crippen LogP contribution >= 0.6 is 0 Å². The molecule has 0 radical (unpaired) electrons. The van der Waals surface area contributed by atoms with Crippen LogP contribution < -0.4 is 5.32 Å². The molecule has 0 saturated carbocycles. The quantitative estimate of drug-likeness (QED) is 0.861. The molecule has 1 unspecified atom stereocenters. The van der Waals surface area contributed by atoms with E-state index in [0.29, 0.717) is 5.56 Å². The summed E-state index contributed by atoms with van der Waals surface area (Å²) in [6.45, 7) is 5.51. The Labute approximate surface area is 135 Å². The van der Waals surface area contributed by atoms with E-state index in [1.165, 1.54) is 12.4 Å². The second-order valence-corrected chi connectivity index (χ2v) is 5.24. The van der Waals surface area contributed by atoms with Crippen LogP contribution in [0.3, 0.4) is 0 Å². The van der Waals surface area contributed by atoms with E-state index >= 15 is 0 Å². The molecule has 1 N–H and O–H groups in total. The smallest absolute Gasteiger partial charge is 0.339 e. The highest BCUT2D eigenvalue weighted by Gasteiger charge is 2.20. The van der Waals surface area contributed by atoms with Gasteiger partial charge in [-0.25, -0.2) is 4.79 Å². The number of anilines is 1. The van der Waals surface area contributed by atoms with Crippen molar-refractivity contribution in [3.05, 3.63) is 59.4 Å². The van der Waals surface area contributed by atoms with Crippen LogP contribution in [0.1, 0.15) is 35.3 Å². The van der Waals surface area contributed by atoms with Gasteiger partial charge in [-0.2, -0.15) is 0 Å². The van der Waals surface area contributed by atoms with Gasteiger partial charge in [0.1, 0.15) is 0 Å². The number of amides is 1. The lowest BCUT2D eigenvalue weighted by molar-refractivity contribution is -0.123. The molecule has 5 heteroatoms. The third-order valence-electron chi connectivity index (χ3n) is 3.56. The average molecular weight is 312 g/mol. The number of aromatic nitrogens is 1. The lowest BCUT2D eigenvalue weighted by atomic mass is 10.1. The molecule has 0 spiro atoms. The molecule has 5 nitrogen and oxygen atoms in total. The summed E-state index contributed by atoms with van der Waals surface area (Å²) in [5.74, 6) is -0.896. The number of rotatable bonds is 5. The Balaban J connectivity index is 2.05. The van der Waals surface area contributed by atoms with Gasteiger partial charge < -0.3 is 10.1 Å². The van der Waals surface area contributed by atoms with Crippen LogP contribution in [0.15, 0.2) is 42.7 Å². The van der Waals surface area contributed by atoms with Crippen molar-refractivity contribution in [1.82, 2.24) is 4.98 Å². The number of nitrogens with one attached hydrogen (secondary N) is 1. The summed E-state index contributed by atoms with van der Waals surface area (Å²) in [5.41, 5.74) is 3.17. The van der Waals surface area contributed by atoms with Gasteiger partial charge in [0.25, 0.3) is 5.91 Å². The highest BCUT2D eigenvalue weighted by molar-refractivity contribution is 5.98. The summed E-state index contributed by atoms with van der Waals surface area (Å²) in [7, 11) is 0. The summed E-state index contributed by atoms with van der Waals surface area (Å²) in [6, 6.07) is 8.95. The zero-order valence-corrected chi connectivity index (χ0v) is 13.5. The SMILES string of the molecule is CCc1cccc(C)c1NC(=O)C(C)OC(=O)c1ccncc1. The maximum absolute atomic E-state index is 12.3. The van der Waals surface area contributed by atoms with Crippen LogP contribution in [0.2, 0.25) is 0 Å². The molecule has 1 atom stereocenters. The number of carbonyl (C=O) groups excluding carboxylic acids is 2. The molecule has 2 aromatic rings. The van der Waals surface area contributed by atoms with Crippen LogP contribution in [0, 0.1) is 6.92 Å². The fraction of sp³-hybridized carbons (Fsp3) is 0.278. The van der Waals surface area contributed by atoms with Crippen molar-refractivity contribution < 1.29 is 14.3 Å². The van der Waals surface area contributed by atoms with Gasteiger partial charge in [-0.05, 0) is 43.5 Å². The van der Waals surface area contributed by atoms with Gasteiger partial charge in [0, 0.05) is 18.1 Å². The zero-order valence-electron chi connectivity index (χ0n) is 13.5. The summed E-state index contributed by atoms with van der Waals surface area (Å²) in [4.78, 5) is 28.1. The van der Waals surface area contributed by atoms with Crippen molar-refractivity contribution in [2.75, 3.05) is 5.32 Å². The van der Waals surface area contributed by atoms with E-state index in [0.717, 1.165) is 23.2 Å². The fourth-order valence-electron chi connectivity index (χ4n) is 2.20. The minimum absolute atomic E-state index is 0.351. The van der Waals surface area contributed by atoms with E-state index in [2.05, 4.69) is 10.3 Å².